The third-order valence-corrected chi connectivity index (χ3v) is 5.35. The van der Waals surface area contributed by atoms with Crippen molar-refractivity contribution in [2.75, 3.05) is 14.1 Å². The number of rotatable bonds is 9. The summed E-state index contributed by atoms with van der Waals surface area (Å²) in [4.78, 5) is 15.7. The highest BCUT2D eigenvalue weighted by Crippen LogP contribution is 2.40. The number of nitrogens with zero attached hydrogens (tertiary/aromatic N) is 1. The molecule has 0 saturated heterocycles. The Morgan fingerprint density at radius 3 is 1.73 bits per heavy atom. The van der Waals surface area contributed by atoms with Crippen molar-refractivity contribution in [2.45, 2.75) is 51.5 Å². The molecule has 0 N–H and O–H groups in total. The van der Waals surface area contributed by atoms with Crippen LogP contribution in [0.25, 0.3) is 0 Å². The van der Waals surface area contributed by atoms with E-state index in [1.807, 2.05) is 43.3 Å². The first kappa shape index (κ1) is 20.4. The zero-order chi connectivity index (χ0) is 19.2. The van der Waals surface area contributed by atoms with Crippen molar-refractivity contribution in [3.05, 3.63) is 71.8 Å². The fraction of sp³-hybridized carbons (Fsp3) is 0.458. The molecule has 0 fully saturated rings. The van der Waals surface area contributed by atoms with E-state index in [9.17, 15) is 4.79 Å². The van der Waals surface area contributed by atoms with Gasteiger partial charge in [-0.2, -0.15) is 0 Å². The van der Waals surface area contributed by atoms with Crippen molar-refractivity contribution < 1.29 is 4.79 Å². The lowest BCUT2D eigenvalue weighted by Crippen LogP contribution is -2.44. The van der Waals surface area contributed by atoms with E-state index >= 15 is 0 Å². The van der Waals surface area contributed by atoms with Crippen molar-refractivity contribution in [1.82, 2.24) is 4.90 Å². The molecule has 2 heteroatoms. The summed E-state index contributed by atoms with van der Waals surface area (Å²) in [6.45, 7) is 6.49. The summed E-state index contributed by atoms with van der Waals surface area (Å²) in [5, 5.41) is 0. The Kier molecular flexibility index (Phi) is 7.16. The van der Waals surface area contributed by atoms with Crippen LogP contribution in [0.15, 0.2) is 60.7 Å². The average Bonchev–Trinajstić information content (AvgIpc) is 2.65. The summed E-state index contributed by atoms with van der Waals surface area (Å²) in [5.41, 5.74) is 1.61. The molecule has 0 bridgehead atoms. The summed E-state index contributed by atoms with van der Waals surface area (Å²) >= 11 is 0. The average molecular weight is 352 g/mol. The van der Waals surface area contributed by atoms with Crippen LogP contribution in [0.3, 0.4) is 0 Å². The molecule has 26 heavy (non-hydrogen) atoms. The van der Waals surface area contributed by atoms with E-state index in [0.29, 0.717) is 24.2 Å². The molecule has 2 rings (SSSR count). The predicted molar refractivity (Wildman–Crippen MR) is 111 cm³/mol. The number of Topliss-reactive ketones (excluding diaryl/α,β-unsaturated/α-hetero) is 1. The Hall–Kier alpha value is -1.93. The van der Waals surface area contributed by atoms with Crippen LogP contribution in [-0.4, -0.2) is 30.8 Å². The highest BCUT2D eigenvalue weighted by Gasteiger charge is 2.42. The largest absolute Gasteiger partial charge is 0.306 e. The summed E-state index contributed by atoms with van der Waals surface area (Å²) in [6.07, 6.45) is 2.41. The number of benzene rings is 2. The molecule has 0 spiro atoms. The van der Waals surface area contributed by atoms with Crippen molar-refractivity contribution in [2.24, 2.45) is 5.92 Å². The standard InChI is InChI=1S/C24H33NO/c1-6-23(26)24(20-13-9-7-10-14-20,21-15-11-8-12-16-21)18-22(25(4)5)17-19(2)3/h7-16,19,22H,6,17-18H2,1-5H3/t22-/m0/s1. The van der Waals surface area contributed by atoms with E-state index < -0.39 is 5.41 Å². The molecule has 140 valence electrons. The number of hydrogen-bond acceptors (Lipinski definition) is 2. The van der Waals surface area contributed by atoms with Gasteiger partial charge in [-0.25, -0.2) is 0 Å². The van der Waals surface area contributed by atoms with E-state index in [1.54, 1.807) is 0 Å². The van der Waals surface area contributed by atoms with Gasteiger partial charge >= 0.3 is 0 Å². The molecule has 0 amide bonds. The molecule has 0 heterocycles. The third kappa shape index (κ3) is 4.42. The normalized spacial score (nSPS) is 13.2. The van der Waals surface area contributed by atoms with Crippen LogP contribution in [0.2, 0.25) is 0 Å². The van der Waals surface area contributed by atoms with E-state index in [2.05, 4.69) is 57.1 Å². The molecule has 2 nitrogen and oxygen atoms in total. The summed E-state index contributed by atoms with van der Waals surface area (Å²) in [6, 6.07) is 21.0. The van der Waals surface area contributed by atoms with Crippen molar-refractivity contribution >= 4 is 5.78 Å². The minimum absolute atomic E-state index is 0.297. The lowest BCUT2D eigenvalue weighted by Gasteiger charge is -2.39. The predicted octanol–water partition coefficient (Wildman–Crippen LogP) is 5.32. The molecule has 0 aliphatic rings. The molecule has 0 saturated carbocycles. The van der Waals surface area contributed by atoms with E-state index in [4.69, 9.17) is 0 Å². The number of carbonyl (C=O) groups excluding carboxylic acids is 1. The summed E-state index contributed by atoms with van der Waals surface area (Å²) in [7, 11) is 4.26. The molecular formula is C24H33NO. The first-order chi connectivity index (χ1) is 12.4. The maximum atomic E-state index is 13.5. The van der Waals surface area contributed by atoms with Gasteiger partial charge in [0.05, 0.1) is 5.41 Å². The van der Waals surface area contributed by atoms with Gasteiger partial charge < -0.3 is 4.90 Å². The van der Waals surface area contributed by atoms with Gasteiger partial charge in [-0.1, -0.05) is 81.4 Å². The molecule has 0 aliphatic carbocycles. The monoisotopic (exact) mass is 351 g/mol. The third-order valence-electron chi connectivity index (χ3n) is 5.35. The highest BCUT2D eigenvalue weighted by atomic mass is 16.1. The smallest absolute Gasteiger partial charge is 0.147 e. The zero-order valence-electron chi connectivity index (χ0n) is 16.9. The lowest BCUT2D eigenvalue weighted by atomic mass is 9.66. The van der Waals surface area contributed by atoms with Crippen LogP contribution in [0.1, 0.15) is 51.2 Å². The molecule has 0 radical (unpaired) electrons. The quantitative estimate of drug-likeness (QED) is 0.609. The minimum Gasteiger partial charge on any atom is -0.306 e. The Morgan fingerprint density at radius 2 is 1.38 bits per heavy atom. The van der Waals surface area contributed by atoms with Crippen LogP contribution in [0.4, 0.5) is 0 Å². The van der Waals surface area contributed by atoms with Gasteiger partial charge in [0, 0.05) is 12.5 Å². The Bertz CT molecular complexity index is 636. The molecular weight excluding hydrogens is 318 g/mol. The molecule has 2 aromatic rings. The molecule has 0 aromatic heterocycles. The minimum atomic E-state index is -0.596. The second kappa shape index (κ2) is 9.14. The van der Waals surface area contributed by atoms with Crippen LogP contribution >= 0.6 is 0 Å². The Balaban J connectivity index is 2.65. The number of ketones is 1. The van der Waals surface area contributed by atoms with Crippen molar-refractivity contribution in [3.63, 3.8) is 0 Å². The maximum absolute atomic E-state index is 13.5. The molecule has 0 unspecified atom stereocenters. The number of hydrogen-bond donors (Lipinski definition) is 0. The fourth-order valence-electron chi connectivity index (χ4n) is 3.96. The van der Waals surface area contributed by atoms with Gasteiger partial charge in [0.15, 0.2) is 0 Å². The van der Waals surface area contributed by atoms with E-state index in [-0.39, 0.29) is 0 Å². The topological polar surface area (TPSA) is 20.3 Å². The van der Waals surface area contributed by atoms with E-state index in [0.717, 1.165) is 24.0 Å². The fourth-order valence-corrected chi connectivity index (χ4v) is 3.96. The van der Waals surface area contributed by atoms with Gasteiger partial charge in [0.2, 0.25) is 0 Å². The van der Waals surface area contributed by atoms with Crippen LogP contribution in [0.5, 0.6) is 0 Å². The van der Waals surface area contributed by atoms with Crippen molar-refractivity contribution in [3.8, 4) is 0 Å². The van der Waals surface area contributed by atoms with Gasteiger partial charge in [-0.3, -0.25) is 4.79 Å². The van der Waals surface area contributed by atoms with Crippen LogP contribution < -0.4 is 0 Å². The highest BCUT2D eigenvalue weighted by molar-refractivity contribution is 5.93. The Morgan fingerprint density at radius 1 is 0.923 bits per heavy atom. The second-order valence-corrected chi connectivity index (χ2v) is 7.87. The maximum Gasteiger partial charge on any atom is 0.147 e. The van der Waals surface area contributed by atoms with Gasteiger partial charge in [-0.05, 0) is 44.0 Å². The van der Waals surface area contributed by atoms with Gasteiger partial charge in [0.1, 0.15) is 5.78 Å². The van der Waals surface area contributed by atoms with Crippen molar-refractivity contribution in [1.29, 1.82) is 0 Å². The zero-order valence-corrected chi connectivity index (χ0v) is 16.9. The van der Waals surface area contributed by atoms with Gasteiger partial charge in [0.25, 0.3) is 0 Å². The molecule has 1 atom stereocenters. The first-order valence-electron chi connectivity index (χ1n) is 9.72. The molecule has 0 aliphatic heterocycles. The van der Waals surface area contributed by atoms with Crippen LogP contribution in [0, 0.1) is 5.92 Å². The Labute approximate surface area is 159 Å². The second-order valence-electron chi connectivity index (χ2n) is 7.87. The number of carbonyl (C=O) groups is 1. The first-order valence-corrected chi connectivity index (χ1v) is 9.72. The van der Waals surface area contributed by atoms with Crippen LogP contribution in [-0.2, 0) is 10.2 Å². The van der Waals surface area contributed by atoms with Gasteiger partial charge in [-0.15, -0.1) is 0 Å². The lowest BCUT2D eigenvalue weighted by molar-refractivity contribution is -0.123. The molecule has 2 aromatic carbocycles. The SMILES string of the molecule is CCC(=O)C(C[C@H](CC(C)C)N(C)C)(c1ccccc1)c1ccccc1. The summed E-state index contributed by atoms with van der Waals surface area (Å²) in [5.74, 6) is 0.883. The van der Waals surface area contributed by atoms with E-state index in [1.165, 1.54) is 0 Å². The summed E-state index contributed by atoms with van der Waals surface area (Å²) < 4.78 is 0.